The molecular formula is C27H33ClN4O2. The SMILES string of the molecule is Cc1c(C(=O)NC(CCC2CC2)C(=O)NCc2ccc(CN(C)C)cc2)[nH]c2cc(Cl)ccc12. The van der Waals surface area contributed by atoms with E-state index in [9.17, 15) is 9.59 Å². The topological polar surface area (TPSA) is 77.2 Å². The van der Waals surface area contributed by atoms with E-state index >= 15 is 0 Å². The fourth-order valence-electron chi connectivity index (χ4n) is 4.29. The van der Waals surface area contributed by atoms with Gasteiger partial charge in [0.2, 0.25) is 5.91 Å². The summed E-state index contributed by atoms with van der Waals surface area (Å²) in [7, 11) is 4.08. The average Bonchev–Trinajstić information content (AvgIpc) is 3.57. The van der Waals surface area contributed by atoms with Crippen LogP contribution in [0.2, 0.25) is 5.02 Å². The Morgan fingerprint density at radius 2 is 1.82 bits per heavy atom. The lowest BCUT2D eigenvalue weighted by Crippen LogP contribution is -2.46. The van der Waals surface area contributed by atoms with Crippen molar-refractivity contribution in [2.75, 3.05) is 14.1 Å². The standard InChI is InChI=1S/C27H33ClN4O2/c1-17-22-12-11-21(28)14-24(22)30-25(17)27(34)31-23(13-10-18-4-5-18)26(33)29-15-19-6-8-20(9-7-19)16-32(2)3/h6-9,11-12,14,18,23,30H,4-5,10,13,15-16H2,1-3H3,(H,29,33)(H,31,34). The summed E-state index contributed by atoms with van der Waals surface area (Å²) >= 11 is 6.10. The number of aromatic amines is 1. The Balaban J connectivity index is 1.42. The molecule has 1 aliphatic rings. The van der Waals surface area contributed by atoms with Gasteiger partial charge in [-0.3, -0.25) is 9.59 Å². The highest BCUT2D eigenvalue weighted by molar-refractivity contribution is 6.31. The highest BCUT2D eigenvalue weighted by Gasteiger charge is 2.27. The minimum absolute atomic E-state index is 0.150. The van der Waals surface area contributed by atoms with Crippen LogP contribution in [0.25, 0.3) is 10.9 Å². The smallest absolute Gasteiger partial charge is 0.268 e. The van der Waals surface area contributed by atoms with E-state index in [0.29, 0.717) is 29.6 Å². The van der Waals surface area contributed by atoms with Gasteiger partial charge in [-0.2, -0.15) is 0 Å². The van der Waals surface area contributed by atoms with Crippen LogP contribution in [0, 0.1) is 12.8 Å². The Hall–Kier alpha value is -2.83. The molecule has 1 fully saturated rings. The maximum Gasteiger partial charge on any atom is 0.268 e. The molecule has 0 saturated heterocycles. The minimum Gasteiger partial charge on any atom is -0.350 e. The van der Waals surface area contributed by atoms with Gasteiger partial charge >= 0.3 is 0 Å². The van der Waals surface area contributed by atoms with Gasteiger partial charge in [0.25, 0.3) is 5.91 Å². The van der Waals surface area contributed by atoms with Crippen LogP contribution in [0.1, 0.15) is 52.9 Å². The highest BCUT2D eigenvalue weighted by Crippen LogP contribution is 2.34. The molecule has 1 atom stereocenters. The number of carbonyl (C=O) groups is 2. The lowest BCUT2D eigenvalue weighted by Gasteiger charge is -2.19. The van der Waals surface area contributed by atoms with Crippen LogP contribution >= 0.6 is 11.6 Å². The number of aromatic nitrogens is 1. The van der Waals surface area contributed by atoms with Crippen molar-refractivity contribution in [2.45, 2.75) is 51.7 Å². The third kappa shape index (κ3) is 6.19. The zero-order chi connectivity index (χ0) is 24.2. The van der Waals surface area contributed by atoms with Gasteiger partial charge in [0.15, 0.2) is 0 Å². The van der Waals surface area contributed by atoms with Gasteiger partial charge in [-0.15, -0.1) is 0 Å². The van der Waals surface area contributed by atoms with Crippen molar-refractivity contribution in [1.82, 2.24) is 20.5 Å². The second-order valence-electron chi connectivity index (χ2n) is 9.63. The molecule has 1 unspecified atom stereocenters. The predicted octanol–water partition coefficient (Wildman–Crippen LogP) is 4.80. The van der Waals surface area contributed by atoms with Crippen molar-refractivity contribution in [3.8, 4) is 0 Å². The molecular weight excluding hydrogens is 448 g/mol. The molecule has 2 aromatic carbocycles. The summed E-state index contributed by atoms with van der Waals surface area (Å²) in [5.41, 5.74) is 4.39. The third-order valence-corrected chi connectivity index (χ3v) is 6.65. The molecule has 1 heterocycles. The normalized spacial score (nSPS) is 14.4. The molecule has 3 N–H and O–H groups in total. The number of benzene rings is 2. The van der Waals surface area contributed by atoms with Gasteiger partial charge in [-0.05, 0) is 68.6 Å². The van der Waals surface area contributed by atoms with Crippen LogP contribution in [0.4, 0.5) is 0 Å². The van der Waals surface area contributed by atoms with E-state index in [1.165, 1.54) is 18.4 Å². The number of fused-ring (bicyclic) bond motifs is 1. The van der Waals surface area contributed by atoms with Gasteiger partial charge in [-0.25, -0.2) is 0 Å². The summed E-state index contributed by atoms with van der Waals surface area (Å²) in [6, 6.07) is 13.2. The Kier molecular flexibility index (Phi) is 7.59. The molecule has 3 aromatic rings. The number of hydrogen-bond acceptors (Lipinski definition) is 3. The van der Waals surface area contributed by atoms with Crippen molar-refractivity contribution in [3.05, 3.63) is 69.9 Å². The van der Waals surface area contributed by atoms with E-state index in [0.717, 1.165) is 35.0 Å². The summed E-state index contributed by atoms with van der Waals surface area (Å²) in [4.78, 5) is 31.5. The Morgan fingerprint density at radius 1 is 1.12 bits per heavy atom. The third-order valence-electron chi connectivity index (χ3n) is 6.42. The summed E-state index contributed by atoms with van der Waals surface area (Å²) in [5, 5.41) is 7.55. The molecule has 6 nitrogen and oxygen atoms in total. The first kappa shape index (κ1) is 24.3. The minimum atomic E-state index is -0.574. The van der Waals surface area contributed by atoms with E-state index in [4.69, 9.17) is 11.6 Å². The fraction of sp³-hybridized carbons (Fsp3) is 0.407. The first-order valence-corrected chi connectivity index (χ1v) is 12.3. The molecule has 34 heavy (non-hydrogen) atoms. The van der Waals surface area contributed by atoms with Crippen molar-refractivity contribution in [3.63, 3.8) is 0 Å². The zero-order valence-electron chi connectivity index (χ0n) is 20.1. The molecule has 0 bridgehead atoms. The van der Waals surface area contributed by atoms with Gasteiger partial charge in [0.05, 0.1) is 0 Å². The Bertz CT molecular complexity index is 1170. The molecule has 2 amide bonds. The predicted molar refractivity (Wildman–Crippen MR) is 137 cm³/mol. The van der Waals surface area contributed by atoms with Crippen LogP contribution in [0.5, 0.6) is 0 Å². The Labute approximate surface area is 206 Å². The van der Waals surface area contributed by atoms with Crippen molar-refractivity contribution >= 4 is 34.3 Å². The molecule has 0 aliphatic heterocycles. The Morgan fingerprint density at radius 3 is 2.50 bits per heavy atom. The number of rotatable bonds is 10. The summed E-state index contributed by atoms with van der Waals surface area (Å²) in [6.07, 6.45) is 4.00. The average molecular weight is 481 g/mol. The number of carbonyl (C=O) groups excluding carboxylic acids is 2. The molecule has 1 aromatic heterocycles. The number of nitrogens with one attached hydrogen (secondary N) is 3. The molecule has 0 spiro atoms. The quantitative estimate of drug-likeness (QED) is 0.390. The van der Waals surface area contributed by atoms with Crippen LogP contribution in [0.3, 0.4) is 0 Å². The number of H-pyrrole nitrogens is 1. The second-order valence-corrected chi connectivity index (χ2v) is 10.1. The van der Waals surface area contributed by atoms with Crippen LogP contribution < -0.4 is 10.6 Å². The molecule has 1 saturated carbocycles. The highest BCUT2D eigenvalue weighted by atomic mass is 35.5. The lowest BCUT2D eigenvalue weighted by atomic mass is 10.1. The second kappa shape index (κ2) is 10.6. The number of amides is 2. The van der Waals surface area contributed by atoms with Gasteiger partial charge < -0.3 is 20.5 Å². The number of nitrogens with zero attached hydrogens (tertiary/aromatic N) is 1. The zero-order valence-corrected chi connectivity index (χ0v) is 20.8. The lowest BCUT2D eigenvalue weighted by molar-refractivity contribution is -0.123. The van der Waals surface area contributed by atoms with Crippen molar-refractivity contribution in [1.29, 1.82) is 0 Å². The summed E-state index contributed by atoms with van der Waals surface area (Å²) < 4.78 is 0. The maximum absolute atomic E-state index is 13.1. The van der Waals surface area contributed by atoms with Gasteiger partial charge in [0, 0.05) is 29.0 Å². The number of aryl methyl sites for hydroxylation is 1. The van der Waals surface area contributed by atoms with Crippen molar-refractivity contribution in [2.24, 2.45) is 5.92 Å². The van der Waals surface area contributed by atoms with Crippen LogP contribution in [0.15, 0.2) is 42.5 Å². The monoisotopic (exact) mass is 480 g/mol. The van der Waals surface area contributed by atoms with E-state index < -0.39 is 6.04 Å². The summed E-state index contributed by atoms with van der Waals surface area (Å²) in [6.45, 7) is 3.21. The van der Waals surface area contributed by atoms with E-state index in [1.807, 2.05) is 51.4 Å². The number of halogens is 1. The van der Waals surface area contributed by atoms with Crippen LogP contribution in [-0.2, 0) is 17.9 Å². The molecule has 7 heteroatoms. The van der Waals surface area contributed by atoms with Crippen LogP contribution in [-0.4, -0.2) is 41.8 Å². The first-order valence-electron chi connectivity index (χ1n) is 11.9. The largest absolute Gasteiger partial charge is 0.350 e. The molecule has 180 valence electrons. The fourth-order valence-corrected chi connectivity index (χ4v) is 4.46. The first-order chi connectivity index (χ1) is 16.3. The van der Waals surface area contributed by atoms with Crippen molar-refractivity contribution < 1.29 is 9.59 Å². The van der Waals surface area contributed by atoms with E-state index in [-0.39, 0.29) is 11.8 Å². The van der Waals surface area contributed by atoms with Gasteiger partial charge in [-0.1, -0.05) is 54.8 Å². The van der Waals surface area contributed by atoms with E-state index in [1.54, 1.807) is 0 Å². The van der Waals surface area contributed by atoms with Gasteiger partial charge in [0.1, 0.15) is 11.7 Å². The molecule has 1 aliphatic carbocycles. The molecule has 0 radical (unpaired) electrons. The molecule has 4 rings (SSSR count). The maximum atomic E-state index is 13.1. The number of hydrogen-bond donors (Lipinski definition) is 3. The van der Waals surface area contributed by atoms with E-state index in [2.05, 4.69) is 32.7 Å². The summed E-state index contributed by atoms with van der Waals surface area (Å²) in [5.74, 6) is 0.255.